The van der Waals surface area contributed by atoms with Gasteiger partial charge in [-0.1, -0.05) is 0 Å². The van der Waals surface area contributed by atoms with Crippen LogP contribution in [0.25, 0.3) is 0 Å². The summed E-state index contributed by atoms with van der Waals surface area (Å²) in [6, 6.07) is 0.427. The molecule has 3 N–H and O–H groups in total. The lowest BCUT2D eigenvalue weighted by Gasteiger charge is -2.24. The van der Waals surface area contributed by atoms with E-state index < -0.39 is 5.97 Å². The van der Waals surface area contributed by atoms with Crippen molar-refractivity contribution in [3.63, 3.8) is 0 Å². The monoisotopic (exact) mass is 298 g/mol. The minimum Gasteiger partial charge on any atom is -0.462 e. The summed E-state index contributed by atoms with van der Waals surface area (Å²) in [6.07, 6.45) is 2.54. The lowest BCUT2D eigenvalue weighted by molar-refractivity contribution is 0.0529. The highest BCUT2D eigenvalue weighted by molar-refractivity contribution is 7.11. The Labute approximate surface area is 123 Å². The number of carbonyl (C=O) groups excluding carboxylic acids is 1. The fraction of sp³-hybridized carbons (Fsp3) is 0.692. The normalized spacial score (nSPS) is 17.1. The summed E-state index contributed by atoms with van der Waals surface area (Å²) < 4.78 is 9.05. The Morgan fingerprint density at radius 1 is 1.55 bits per heavy atom. The van der Waals surface area contributed by atoms with Crippen LogP contribution in [-0.2, 0) is 4.74 Å². The van der Waals surface area contributed by atoms with E-state index >= 15 is 0 Å². The van der Waals surface area contributed by atoms with Gasteiger partial charge in [-0.05, 0) is 51.3 Å². The van der Waals surface area contributed by atoms with Gasteiger partial charge in [-0.2, -0.15) is 4.37 Å². The van der Waals surface area contributed by atoms with Crippen LogP contribution >= 0.6 is 11.5 Å². The van der Waals surface area contributed by atoms with Crippen molar-refractivity contribution in [2.24, 2.45) is 0 Å². The van der Waals surface area contributed by atoms with E-state index in [-0.39, 0.29) is 5.82 Å². The maximum atomic E-state index is 11.9. The number of ether oxygens (including phenoxy) is 1. The van der Waals surface area contributed by atoms with Crippen LogP contribution in [0, 0.1) is 0 Å². The van der Waals surface area contributed by atoms with E-state index in [1.165, 1.54) is 24.4 Å². The molecule has 2 heterocycles. The quantitative estimate of drug-likeness (QED) is 0.780. The largest absolute Gasteiger partial charge is 0.462 e. The molecule has 112 valence electrons. The zero-order valence-corrected chi connectivity index (χ0v) is 12.8. The molecule has 7 heteroatoms. The lowest BCUT2D eigenvalue weighted by atomic mass is 10.2. The van der Waals surface area contributed by atoms with Crippen LogP contribution in [0.2, 0.25) is 0 Å². The van der Waals surface area contributed by atoms with Crippen molar-refractivity contribution in [2.75, 3.05) is 37.3 Å². The number of nitrogens with two attached hydrogens (primary N) is 1. The third kappa shape index (κ3) is 3.40. The zero-order valence-electron chi connectivity index (χ0n) is 12.0. The molecule has 1 saturated heterocycles. The van der Waals surface area contributed by atoms with Crippen LogP contribution in [0.5, 0.6) is 0 Å². The molecule has 0 radical (unpaired) electrons. The maximum Gasteiger partial charge on any atom is 0.344 e. The second kappa shape index (κ2) is 6.90. The number of hydrogen-bond donors (Lipinski definition) is 2. The molecular formula is C13H22N4O2S. The molecule has 0 aromatic carbocycles. The van der Waals surface area contributed by atoms with Crippen molar-refractivity contribution in [3.8, 4) is 0 Å². The van der Waals surface area contributed by atoms with Gasteiger partial charge >= 0.3 is 5.97 Å². The molecule has 0 spiro atoms. The Bertz CT molecular complexity index is 457. The molecule has 1 aliphatic rings. The van der Waals surface area contributed by atoms with Gasteiger partial charge in [0.05, 0.1) is 6.61 Å². The first kappa shape index (κ1) is 15.1. The van der Waals surface area contributed by atoms with E-state index in [4.69, 9.17) is 10.5 Å². The fourth-order valence-corrected chi connectivity index (χ4v) is 3.08. The topological polar surface area (TPSA) is 80.5 Å². The molecule has 1 atom stereocenters. The summed E-state index contributed by atoms with van der Waals surface area (Å²) in [6.45, 7) is 7.37. The Morgan fingerprint density at radius 2 is 2.25 bits per heavy atom. The summed E-state index contributed by atoms with van der Waals surface area (Å²) >= 11 is 1.21. The van der Waals surface area contributed by atoms with E-state index in [1.807, 2.05) is 0 Å². The Hall–Kier alpha value is -1.34. The summed E-state index contributed by atoms with van der Waals surface area (Å²) in [5, 5.41) is 3.98. The van der Waals surface area contributed by atoms with Crippen LogP contribution in [0.15, 0.2) is 0 Å². The minimum atomic E-state index is -0.407. The van der Waals surface area contributed by atoms with Crippen LogP contribution in [0.4, 0.5) is 10.8 Å². The first-order valence-corrected chi connectivity index (χ1v) is 7.81. The minimum absolute atomic E-state index is 0.241. The van der Waals surface area contributed by atoms with E-state index in [0.717, 1.165) is 19.6 Å². The Morgan fingerprint density at radius 3 is 2.90 bits per heavy atom. The predicted molar refractivity (Wildman–Crippen MR) is 81.2 cm³/mol. The Balaban J connectivity index is 1.97. The molecule has 0 bridgehead atoms. The Kier molecular flexibility index (Phi) is 5.19. The molecule has 6 nitrogen and oxygen atoms in total. The predicted octanol–water partition coefficient (Wildman–Crippen LogP) is 1.80. The summed E-state index contributed by atoms with van der Waals surface area (Å²) in [5.41, 5.74) is 6.12. The number of hydrogen-bond acceptors (Lipinski definition) is 7. The fourth-order valence-electron chi connectivity index (χ4n) is 2.38. The number of anilines is 2. The zero-order chi connectivity index (χ0) is 14.5. The van der Waals surface area contributed by atoms with Gasteiger partial charge in [-0.3, -0.25) is 4.90 Å². The molecule has 1 aromatic heterocycles. The molecule has 1 fully saturated rings. The molecule has 0 aliphatic carbocycles. The van der Waals surface area contributed by atoms with Gasteiger partial charge in [0.15, 0.2) is 5.82 Å². The van der Waals surface area contributed by atoms with Crippen molar-refractivity contribution >= 4 is 28.3 Å². The smallest absolute Gasteiger partial charge is 0.344 e. The third-order valence-electron chi connectivity index (χ3n) is 3.52. The van der Waals surface area contributed by atoms with Gasteiger partial charge in [0, 0.05) is 12.6 Å². The van der Waals surface area contributed by atoms with Crippen LogP contribution in [0.1, 0.15) is 37.0 Å². The summed E-state index contributed by atoms with van der Waals surface area (Å²) in [7, 11) is 0. The van der Waals surface area contributed by atoms with E-state index in [9.17, 15) is 4.79 Å². The number of likely N-dealkylation sites (tertiary alicyclic amines) is 1. The number of nitrogen functional groups attached to an aromatic ring is 1. The molecule has 1 aromatic rings. The van der Waals surface area contributed by atoms with Crippen molar-refractivity contribution in [1.82, 2.24) is 9.27 Å². The number of nitrogens with one attached hydrogen (secondary N) is 1. The SMILES string of the molecule is CCOC(=O)c1c(N)nsc1NCC(C)N1CCCC1. The van der Waals surface area contributed by atoms with E-state index in [2.05, 4.69) is 21.5 Å². The van der Waals surface area contributed by atoms with Crippen LogP contribution in [-0.4, -0.2) is 47.5 Å². The summed E-state index contributed by atoms with van der Waals surface area (Å²) in [5.74, 6) is -0.167. The maximum absolute atomic E-state index is 11.9. The van der Waals surface area contributed by atoms with E-state index in [1.54, 1.807) is 6.92 Å². The third-order valence-corrected chi connectivity index (χ3v) is 4.34. The van der Waals surface area contributed by atoms with Gasteiger partial charge in [0.25, 0.3) is 0 Å². The van der Waals surface area contributed by atoms with Crippen molar-refractivity contribution in [3.05, 3.63) is 5.56 Å². The number of esters is 1. The average Bonchev–Trinajstić information content (AvgIpc) is 3.05. The lowest BCUT2D eigenvalue weighted by Crippen LogP contribution is -2.35. The highest BCUT2D eigenvalue weighted by atomic mass is 32.1. The number of rotatable bonds is 6. The average molecular weight is 298 g/mol. The number of aromatic nitrogens is 1. The van der Waals surface area contributed by atoms with Crippen molar-refractivity contribution in [2.45, 2.75) is 32.7 Å². The second-order valence-electron chi connectivity index (χ2n) is 4.97. The first-order chi connectivity index (χ1) is 9.63. The molecule has 1 unspecified atom stereocenters. The van der Waals surface area contributed by atoms with Crippen molar-refractivity contribution < 1.29 is 9.53 Å². The van der Waals surface area contributed by atoms with E-state index in [0.29, 0.717) is 23.2 Å². The number of carbonyl (C=O) groups is 1. The number of nitrogens with zero attached hydrogens (tertiary/aromatic N) is 2. The van der Waals surface area contributed by atoms with Crippen LogP contribution < -0.4 is 11.1 Å². The molecular weight excluding hydrogens is 276 g/mol. The molecule has 2 rings (SSSR count). The van der Waals surface area contributed by atoms with Crippen LogP contribution in [0.3, 0.4) is 0 Å². The highest BCUT2D eigenvalue weighted by Gasteiger charge is 2.22. The highest BCUT2D eigenvalue weighted by Crippen LogP contribution is 2.27. The second-order valence-corrected chi connectivity index (χ2v) is 5.74. The first-order valence-electron chi connectivity index (χ1n) is 7.03. The molecule has 20 heavy (non-hydrogen) atoms. The standard InChI is InChI=1S/C13H22N4O2S/c1-3-19-13(18)10-11(14)16-20-12(10)15-8-9(2)17-6-4-5-7-17/h9,15H,3-8H2,1-2H3,(H2,14,16). The summed E-state index contributed by atoms with van der Waals surface area (Å²) in [4.78, 5) is 14.3. The molecule has 0 saturated carbocycles. The van der Waals surface area contributed by atoms with Crippen molar-refractivity contribution in [1.29, 1.82) is 0 Å². The molecule has 0 amide bonds. The molecule has 1 aliphatic heterocycles. The van der Waals surface area contributed by atoms with Gasteiger partial charge in [-0.25, -0.2) is 4.79 Å². The van der Waals surface area contributed by atoms with Gasteiger partial charge in [0.2, 0.25) is 0 Å². The van der Waals surface area contributed by atoms with Gasteiger partial charge in [0.1, 0.15) is 10.6 Å². The van der Waals surface area contributed by atoms with Gasteiger partial charge < -0.3 is 15.8 Å². The van der Waals surface area contributed by atoms with Gasteiger partial charge in [-0.15, -0.1) is 0 Å².